The van der Waals surface area contributed by atoms with Crippen molar-refractivity contribution in [3.8, 4) is 0 Å². The van der Waals surface area contributed by atoms with E-state index >= 15 is 0 Å². The molecule has 4 fully saturated rings. The Morgan fingerprint density at radius 1 is 0.871 bits per heavy atom. The van der Waals surface area contributed by atoms with Crippen molar-refractivity contribution in [2.45, 2.75) is 185 Å². The molecule has 0 aromatic carbocycles. The second kappa shape index (κ2) is 21.9. The Morgan fingerprint density at radius 2 is 1.55 bits per heavy atom. The largest absolute Gasteiger partial charge is 0.456 e. The highest BCUT2D eigenvalue weighted by atomic mass is 16.7. The first-order chi connectivity index (χ1) is 29.3. The molecule has 0 aromatic rings. The molecule has 0 aromatic heterocycles. The summed E-state index contributed by atoms with van der Waals surface area (Å²) in [4.78, 5) is 58.5. The van der Waals surface area contributed by atoms with Crippen LogP contribution in [0.5, 0.6) is 0 Å². The normalized spacial score (nSPS) is 40.8. The number of hydrogen-bond donors (Lipinski definition) is 4. The van der Waals surface area contributed by atoms with Gasteiger partial charge in [0.15, 0.2) is 0 Å². The first-order valence-corrected chi connectivity index (χ1v) is 23.0. The van der Waals surface area contributed by atoms with E-state index in [4.69, 9.17) is 23.7 Å². The van der Waals surface area contributed by atoms with Crippen LogP contribution >= 0.6 is 0 Å². The lowest BCUT2D eigenvalue weighted by Gasteiger charge is -2.47. The number of carbonyl (C=O) groups is 4. The van der Waals surface area contributed by atoms with E-state index in [9.17, 15) is 39.6 Å². The number of aliphatic hydroxyl groups is 4. The van der Waals surface area contributed by atoms with E-state index < -0.39 is 89.5 Å². The smallest absolute Gasteiger partial charge is 0.329 e. The first kappa shape index (κ1) is 50.2. The van der Waals surface area contributed by atoms with Crippen LogP contribution in [0.15, 0.2) is 35.5 Å². The van der Waals surface area contributed by atoms with Gasteiger partial charge in [-0.15, -0.1) is 0 Å². The Morgan fingerprint density at radius 3 is 2.19 bits per heavy atom. The number of nitrogens with zero attached hydrogens (tertiary/aromatic N) is 1. The summed E-state index contributed by atoms with van der Waals surface area (Å²) in [6.07, 6.45) is 8.75. The number of fused-ring (bicyclic) bond motifs is 3. The third-order valence-electron chi connectivity index (χ3n) is 14.5. The van der Waals surface area contributed by atoms with Crippen molar-refractivity contribution >= 4 is 23.4 Å². The average molecular weight is 874 g/mol. The predicted octanol–water partition coefficient (Wildman–Crippen LogP) is 4.92. The van der Waals surface area contributed by atoms with Crippen LogP contribution in [0.2, 0.25) is 0 Å². The van der Waals surface area contributed by atoms with Gasteiger partial charge in [0.05, 0.1) is 36.1 Å². The maximum atomic E-state index is 14.4. The summed E-state index contributed by atoms with van der Waals surface area (Å²) in [6.45, 7) is 9.23. The number of allylic oxidation sites excluding steroid dienone is 4. The molecule has 0 spiro atoms. The Kier molecular flexibility index (Phi) is 17.7. The molecule has 3 aliphatic heterocycles. The van der Waals surface area contributed by atoms with Gasteiger partial charge in [-0.3, -0.25) is 14.4 Å². The molecule has 14 heteroatoms. The van der Waals surface area contributed by atoms with Gasteiger partial charge in [-0.1, -0.05) is 50.6 Å². The van der Waals surface area contributed by atoms with Crippen molar-refractivity contribution < 1.29 is 63.3 Å². The van der Waals surface area contributed by atoms with Gasteiger partial charge in [-0.2, -0.15) is 0 Å². The van der Waals surface area contributed by atoms with Gasteiger partial charge in [-0.05, 0) is 115 Å². The summed E-state index contributed by atoms with van der Waals surface area (Å²) in [5, 5.41) is 45.3. The van der Waals surface area contributed by atoms with Gasteiger partial charge < -0.3 is 49.0 Å². The van der Waals surface area contributed by atoms with Crippen LogP contribution in [-0.4, -0.2) is 137 Å². The monoisotopic (exact) mass is 874 g/mol. The molecule has 2 aliphatic carbocycles. The highest BCUT2D eigenvalue weighted by Crippen LogP contribution is 2.40. The van der Waals surface area contributed by atoms with Crippen LogP contribution in [0, 0.1) is 29.6 Å². The minimum absolute atomic E-state index is 0.0248. The van der Waals surface area contributed by atoms with E-state index in [0.29, 0.717) is 69.8 Å². The van der Waals surface area contributed by atoms with Crippen LogP contribution in [-0.2, 0) is 42.9 Å². The SMILES string of the molecule is CO[C@H]1C[C@@H](C)C/C(C)=C/[C@@H](C/C=C/C2(O)CCC2)C(=O)C[C@H](O)[C@@H](C)[C@@H](/C(C)=C/[C@@H]2CC[C@@H](O)[C@H](OC)C2)OC(=O)[C@@H]2CCCCN2C(=O)C(=O)[C@]2(O)O[C@H]1[C@@H](OC)C[C@H]2C. The number of aliphatic hydroxyl groups excluding tert-OH is 2. The van der Waals surface area contributed by atoms with Crippen molar-refractivity contribution in [3.63, 3.8) is 0 Å². The second-order valence-electron chi connectivity index (χ2n) is 19.3. The minimum atomic E-state index is -2.53. The summed E-state index contributed by atoms with van der Waals surface area (Å²) >= 11 is 0. The van der Waals surface area contributed by atoms with Gasteiger partial charge in [0.25, 0.3) is 11.7 Å². The number of ether oxygens (including phenoxy) is 5. The fourth-order valence-corrected chi connectivity index (χ4v) is 10.4. The van der Waals surface area contributed by atoms with Crippen LogP contribution in [0.4, 0.5) is 0 Å². The fraction of sp³-hybridized carbons (Fsp3) is 0.792. The summed E-state index contributed by atoms with van der Waals surface area (Å²) in [7, 11) is 4.61. The summed E-state index contributed by atoms with van der Waals surface area (Å²) < 4.78 is 29.9. The highest BCUT2D eigenvalue weighted by molar-refractivity contribution is 6.39. The van der Waals surface area contributed by atoms with Crippen LogP contribution in [0.3, 0.4) is 0 Å². The molecule has 2 saturated carbocycles. The highest BCUT2D eigenvalue weighted by Gasteiger charge is 2.56. The van der Waals surface area contributed by atoms with E-state index in [0.717, 1.165) is 12.0 Å². The van der Waals surface area contributed by atoms with Gasteiger partial charge in [0.2, 0.25) is 5.79 Å². The van der Waals surface area contributed by atoms with Crippen LogP contribution < -0.4 is 0 Å². The quantitative estimate of drug-likeness (QED) is 0.146. The third kappa shape index (κ3) is 11.9. The Labute approximate surface area is 368 Å². The number of Topliss-reactive ketones (excluding diaryl/α,β-unsaturated/α-hetero) is 2. The van der Waals surface area contributed by atoms with Crippen molar-refractivity contribution in [3.05, 3.63) is 35.5 Å². The zero-order valence-corrected chi connectivity index (χ0v) is 38.3. The first-order valence-electron chi connectivity index (χ1n) is 23.0. The zero-order valence-electron chi connectivity index (χ0n) is 38.3. The molecule has 5 rings (SSSR count). The molecule has 14 atom stereocenters. The predicted molar refractivity (Wildman–Crippen MR) is 230 cm³/mol. The van der Waals surface area contributed by atoms with E-state index in [1.807, 2.05) is 39.0 Å². The molecule has 1 amide bonds. The average Bonchev–Trinajstić information content (AvgIpc) is 3.23. The molecule has 3 heterocycles. The van der Waals surface area contributed by atoms with Crippen LogP contribution in [0.25, 0.3) is 0 Å². The number of methoxy groups -OCH3 is 3. The summed E-state index contributed by atoms with van der Waals surface area (Å²) in [5.74, 6) is -8.01. The van der Waals surface area contributed by atoms with Crippen molar-refractivity contribution in [1.29, 1.82) is 0 Å². The van der Waals surface area contributed by atoms with Gasteiger partial charge in [0.1, 0.15) is 24.0 Å². The molecule has 350 valence electrons. The molecule has 0 radical (unpaired) electrons. The molecule has 2 bridgehead atoms. The van der Waals surface area contributed by atoms with Crippen molar-refractivity contribution in [2.75, 3.05) is 27.9 Å². The van der Waals surface area contributed by atoms with E-state index in [2.05, 4.69) is 0 Å². The van der Waals surface area contributed by atoms with Gasteiger partial charge in [-0.25, -0.2) is 4.79 Å². The molecular formula is C48H75NO13. The third-order valence-corrected chi connectivity index (χ3v) is 14.5. The Hall–Kier alpha value is -2.82. The molecule has 14 nitrogen and oxygen atoms in total. The number of rotatable bonds is 8. The fourth-order valence-electron chi connectivity index (χ4n) is 10.4. The molecule has 5 aliphatic rings. The Balaban J connectivity index is 1.55. The maximum absolute atomic E-state index is 14.4. The number of amides is 1. The van der Waals surface area contributed by atoms with E-state index in [-0.39, 0.29) is 49.5 Å². The summed E-state index contributed by atoms with van der Waals surface area (Å²) in [5.41, 5.74) is 0.697. The van der Waals surface area contributed by atoms with Gasteiger partial charge >= 0.3 is 5.97 Å². The standard InChI is InChI=1S/C48H75NO13/c1-28-21-29(2)23-40(59-7)43-41(60-8)25-31(4)48(57,62-43)44(53)45(54)49-20-10-9-14-35(49)46(55)61-42(30(3)24-33-15-16-36(50)39(26-33)58-6)32(5)37(51)27-38(52)34(22-28)13-11-17-47(56)18-12-19-47/h11,17,22,24,29,31-37,39-43,50-51,56-57H,9-10,12-16,18-21,23,25-27H2,1-8H3/b17-11+,28-22+,30-24+/t29-,31+,32+,33-,34+,35-,36+,37-,39+,40-,41-,42+,43+,48+/m0/s1. The number of hydrogen-bond acceptors (Lipinski definition) is 13. The van der Waals surface area contributed by atoms with Gasteiger partial charge in [0, 0.05) is 52.0 Å². The lowest BCUT2D eigenvalue weighted by molar-refractivity contribution is -0.302. The molecular weight excluding hydrogens is 799 g/mol. The lowest BCUT2D eigenvalue weighted by Crippen LogP contribution is -2.64. The lowest BCUT2D eigenvalue weighted by atomic mass is 9.79. The number of carbonyl (C=O) groups excluding carboxylic acids is 4. The zero-order chi connectivity index (χ0) is 45.5. The van der Waals surface area contributed by atoms with E-state index in [1.54, 1.807) is 27.0 Å². The number of cyclic esters (lactones) is 1. The van der Waals surface area contributed by atoms with Crippen LogP contribution in [0.1, 0.15) is 125 Å². The second-order valence-corrected chi connectivity index (χ2v) is 19.3. The Bertz CT molecular complexity index is 1660. The van der Waals surface area contributed by atoms with E-state index in [1.165, 1.54) is 19.1 Å². The number of ketones is 2. The van der Waals surface area contributed by atoms with Crippen molar-refractivity contribution in [1.82, 2.24) is 4.90 Å². The minimum Gasteiger partial charge on any atom is -0.456 e. The molecule has 4 N–H and O–H groups in total. The summed E-state index contributed by atoms with van der Waals surface area (Å²) in [6, 6.07) is -1.16. The molecule has 0 unspecified atom stereocenters. The van der Waals surface area contributed by atoms with Crippen molar-refractivity contribution in [2.24, 2.45) is 29.6 Å². The molecule has 62 heavy (non-hydrogen) atoms. The maximum Gasteiger partial charge on any atom is 0.329 e. The topological polar surface area (TPSA) is 199 Å². The number of esters is 1. The number of piperidine rings is 1. The molecule has 2 saturated heterocycles.